The summed E-state index contributed by atoms with van der Waals surface area (Å²) in [6.07, 6.45) is -3.89. The molecule has 1 atom stereocenters. The van der Waals surface area contributed by atoms with Crippen LogP contribution in [-0.4, -0.2) is 40.6 Å². The fourth-order valence-corrected chi connectivity index (χ4v) is 3.04. The summed E-state index contributed by atoms with van der Waals surface area (Å²) in [5.41, 5.74) is 4.95. The molecule has 1 saturated heterocycles. The minimum atomic E-state index is -4.62. The molecule has 0 saturated carbocycles. The molecule has 3 rings (SSSR count). The van der Waals surface area contributed by atoms with Gasteiger partial charge in [-0.2, -0.15) is 13.2 Å². The van der Waals surface area contributed by atoms with E-state index in [2.05, 4.69) is 4.98 Å². The number of halogens is 4. The lowest BCUT2D eigenvalue weighted by molar-refractivity contribution is -0.141. The monoisotopic (exact) mass is 431 g/mol. The predicted octanol–water partition coefficient (Wildman–Crippen LogP) is 3.23. The average Bonchev–Trinajstić information content (AvgIpc) is 3.16. The molecule has 3 N–H and O–H groups in total. The minimum absolute atomic E-state index is 0. The fraction of sp³-hybridized carbons (Fsp3) is 0.368. The summed E-state index contributed by atoms with van der Waals surface area (Å²) in [7, 11) is 0. The van der Waals surface area contributed by atoms with Gasteiger partial charge in [-0.15, -0.1) is 12.4 Å². The van der Waals surface area contributed by atoms with Crippen LogP contribution in [0.3, 0.4) is 0 Å². The van der Waals surface area contributed by atoms with Crippen LogP contribution in [0.2, 0.25) is 0 Å². The van der Waals surface area contributed by atoms with Gasteiger partial charge in [0.2, 0.25) is 5.88 Å². The second kappa shape index (κ2) is 9.43. The second-order valence-electron chi connectivity index (χ2n) is 6.62. The number of aromatic nitrogens is 1. The van der Waals surface area contributed by atoms with Gasteiger partial charge in [-0.1, -0.05) is 6.07 Å². The molecule has 1 fully saturated rings. The van der Waals surface area contributed by atoms with E-state index in [1.54, 1.807) is 17.0 Å². The highest BCUT2D eigenvalue weighted by molar-refractivity contribution is 5.94. The lowest BCUT2D eigenvalue weighted by atomic mass is 10.1. The summed E-state index contributed by atoms with van der Waals surface area (Å²) in [5.74, 6) is -0.214. The number of hydrogen-bond donors (Lipinski definition) is 2. The number of nitrogens with two attached hydrogens (primary N) is 1. The molecule has 1 aromatic heterocycles. The number of likely N-dealkylation sites (tertiary alicyclic amines) is 1. The number of amides is 1. The number of rotatable bonds is 5. The summed E-state index contributed by atoms with van der Waals surface area (Å²) in [6, 6.07) is 8.37. The van der Waals surface area contributed by atoms with Crippen molar-refractivity contribution in [2.75, 3.05) is 19.7 Å². The number of ether oxygens (including phenoxy) is 1. The van der Waals surface area contributed by atoms with Crippen LogP contribution in [0.15, 0.2) is 36.4 Å². The fourth-order valence-electron chi connectivity index (χ4n) is 3.04. The van der Waals surface area contributed by atoms with Crippen molar-refractivity contribution in [2.24, 2.45) is 11.7 Å². The van der Waals surface area contributed by atoms with Crippen LogP contribution in [0.25, 0.3) is 0 Å². The van der Waals surface area contributed by atoms with E-state index >= 15 is 0 Å². The zero-order valence-electron chi connectivity index (χ0n) is 15.4. The maximum absolute atomic E-state index is 13.0. The van der Waals surface area contributed by atoms with Gasteiger partial charge in [-0.3, -0.25) is 4.79 Å². The molecule has 1 amide bonds. The average molecular weight is 432 g/mol. The first kappa shape index (κ1) is 22.9. The predicted molar refractivity (Wildman–Crippen MR) is 102 cm³/mol. The van der Waals surface area contributed by atoms with Crippen LogP contribution in [-0.2, 0) is 12.7 Å². The molecule has 1 aliphatic rings. The molecule has 158 valence electrons. The summed E-state index contributed by atoms with van der Waals surface area (Å²) < 4.78 is 44.5. The first-order valence-electron chi connectivity index (χ1n) is 8.76. The third kappa shape index (κ3) is 5.59. The van der Waals surface area contributed by atoms with E-state index in [0.717, 1.165) is 12.5 Å². The van der Waals surface area contributed by atoms with Crippen molar-refractivity contribution in [1.29, 1.82) is 0 Å². The Morgan fingerprint density at radius 2 is 2.07 bits per heavy atom. The van der Waals surface area contributed by atoms with Crippen molar-refractivity contribution in [3.63, 3.8) is 0 Å². The zero-order chi connectivity index (χ0) is 20.3. The van der Waals surface area contributed by atoms with Crippen LogP contribution >= 0.6 is 12.4 Å². The second-order valence-corrected chi connectivity index (χ2v) is 6.62. The number of pyridine rings is 1. The number of carbonyl (C=O) groups is 1. The first-order chi connectivity index (χ1) is 13.3. The number of carbonyl (C=O) groups excluding carboxylic acids is 1. The lowest BCUT2D eigenvalue weighted by Gasteiger charge is -2.17. The molecule has 0 bridgehead atoms. The van der Waals surface area contributed by atoms with Gasteiger partial charge in [-0.25, -0.2) is 4.98 Å². The van der Waals surface area contributed by atoms with Gasteiger partial charge in [0, 0.05) is 43.8 Å². The molecule has 0 aliphatic carbocycles. The highest BCUT2D eigenvalue weighted by Crippen LogP contribution is 2.31. The van der Waals surface area contributed by atoms with E-state index in [0.29, 0.717) is 18.7 Å². The molecule has 29 heavy (non-hydrogen) atoms. The van der Waals surface area contributed by atoms with Crippen molar-refractivity contribution < 1.29 is 27.8 Å². The van der Waals surface area contributed by atoms with Crippen LogP contribution < -0.4 is 10.5 Å². The van der Waals surface area contributed by atoms with E-state index < -0.39 is 11.9 Å². The third-order valence-corrected chi connectivity index (χ3v) is 4.52. The third-order valence-electron chi connectivity index (χ3n) is 4.52. The Kier molecular flexibility index (Phi) is 7.45. The van der Waals surface area contributed by atoms with Crippen LogP contribution in [0.4, 0.5) is 13.2 Å². The van der Waals surface area contributed by atoms with Gasteiger partial charge in [0.1, 0.15) is 11.4 Å². The summed E-state index contributed by atoms with van der Waals surface area (Å²) in [5, 5.41) is 9.21. The summed E-state index contributed by atoms with van der Waals surface area (Å²) in [4.78, 5) is 17.7. The Hall–Kier alpha value is -2.36. The van der Waals surface area contributed by atoms with Crippen molar-refractivity contribution in [3.8, 4) is 11.6 Å². The first-order valence-corrected chi connectivity index (χ1v) is 8.76. The topological polar surface area (TPSA) is 88.7 Å². The van der Waals surface area contributed by atoms with Crippen molar-refractivity contribution >= 4 is 18.3 Å². The Balaban J connectivity index is 0.00000300. The van der Waals surface area contributed by atoms with Crippen molar-refractivity contribution in [3.05, 3.63) is 53.2 Å². The van der Waals surface area contributed by atoms with E-state index in [9.17, 15) is 23.1 Å². The number of benzene rings is 1. The van der Waals surface area contributed by atoms with Gasteiger partial charge in [0.05, 0.1) is 0 Å². The molecule has 2 heterocycles. The Morgan fingerprint density at radius 3 is 2.69 bits per heavy atom. The molecule has 1 aromatic carbocycles. The molecule has 1 unspecified atom stereocenters. The van der Waals surface area contributed by atoms with Gasteiger partial charge in [0.25, 0.3) is 5.91 Å². The van der Waals surface area contributed by atoms with E-state index in [1.165, 1.54) is 18.2 Å². The Morgan fingerprint density at radius 1 is 1.31 bits per heavy atom. The standard InChI is InChI=1S/C19H20F3N3O3.ClH/c20-19(21,22)16-6-13(9-23)7-17(24-16)28-15-3-1-2-14(8-15)18(27)25-5-4-12(10-25)11-26;/h1-3,6-8,12,26H,4-5,9-11,23H2;1H. The number of aliphatic hydroxyl groups is 1. The summed E-state index contributed by atoms with van der Waals surface area (Å²) in [6.45, 7) is 0.943. The molecule has 6 nitrogen and oxygen atoms in total. The van der Waals surface area contributed by atoms with Crippen LogP contribution in [0.1, 0.15) is 28.0 Å². The molecule has 1 aliphatic heterocycles. The van der Waals surface area contributed by atoms with Crippen molar-refractivity contribution in [1.82, 2.24) is 9.88 Å². The number of nitrogens with zero attached hydrogens (tertiary/aromatic N) is 2. The highest BCUT2D eigenvalue weighted by Gasteiger charge is 2.33. The van der Waals surface area contributed by atoms with Crippen molar-refractivity contribution in [2.45, 2.75) is 19.1 Å². The maximum Gasteiger partial charge on any atom is 0.433 e. The Labute approximate surface area is 171 Å². The number of aliphatic hydroxyl groups excluding tert-OH is 1. The molecule has 2 aromatic rings. The van der Waals surface area contributed by atoms with E-state index in [4.69, 9.17) is 10.5 Å². The lowest BCUT2D eigenvalue weighted by Crippen LogP contribution is -2.29. The maximum atomic E-state index is 13.0. The highest BCUT2D eigenvalue weighted by atomic mass is 35.5. The smallest absolute Gasteiger partial charge is 0.433 e. The zero-order valence-corrected chi connectivity index (χ0v) is 16.2. The normalized spacial score (nSPS) is 16.4. The van der Waals surface area contributed by atoms with Gasteiger partial charge in [0.15, 0.2) is 0 Å². The SMILES string of the molecule is Cl.NCc1cc(Oc2cccc(C(=O)N3CCC(CO)C3)c2)nc(C(F)(F)F)c1. The van der Waals surface area contributed by atoms with E-state index in [1.807, 2.05) is 0 Å². The number of hydrogen-bond acceptors (Lipinski definition) is 5. The minimum Gasteiger partial charge on any atom is -0.439 e. The molecule has 10 heteroatoms. The molecular formula is C19H21ClF3N3O3. The van der Waals surface area contributed by atoms with Gasteiger partial charge in [-0.05, 0) is 36.2 Å². The molecule has 0 radical (unpaired) electrons. The van der Waals surface area contributed by atoms with Gasteiger partial charge < -0.3 is 20.5 Å². The van der Waals surface area contributed by atoms with Gasteiger partial charge >= 0.3 is 6.18 Å². The molecule has 0 spiro atoms. The molecular weight excluding hydrogens is 411 g/mol. The van der Waals surface area contributed by atoms with Crippen LogP contribution in [0, 0.1) is 5.92 Å². The van der Waals surface area contributed by atoms with E-state index in [-0.39, 0.29) is 54.6 Å². The summed E-state index contributed by atoms with van der Waals surface area (Å²) >= 11 is 0. The number of alkyl halides is 3. The largest absolute Gasteiger partial charge is 0.439 e. The Bertz CT molecular complexity index is 864. The quantitative estimate of drug-likeness (QED) is 0.758. The van der Waals surface area contributed by atoms with Crippen LogP contribution in [0.5, 0.6) is 11.6 Å².